The topological polar surface area (TPSA) is 62.0 Å². The van der Waals surface area contributed by atoms with Gasteiger partial charge in [-0.1, -0.05) is 30.3 Å². The summed E-state index contributed by atoms with van der Waals surface area (Å²) in [4.78, 5) is 29.2. The molecule has 0 atom stereocenters. The molecule has 2 aromatic carbocycles. The molecule has 0 unspecified atom stereocenters. The Morgan fingerprint density at radius 2 is 1.88 bits per heavy atom. The molecule has 5 heteroatoms. The van der Waals surface area contributed by atoms with E-state index >= 15 is 0 Å². The number of anilines is 1. The molecule has 0 saturated heterocycles. The van der Waals surface area contributed by atoms with Crippen LogP contribution in [0.1, 0.15) is 10.4 Å². The van der Waals surface area contributed by atoms with Gasteiger partial charge in [-0.2, -0.15) is 0 Å². The second-order valence-electron chi connectivity index (χ2n) is 5.59. The number of pyridine rings is 1. The van der Waals surface area contributed by atoms with Crippen molar-refractivity contribution in [1.82, 2.24) is 4.98 Å². The standard InChI is InChI=1S/C20H14N2O2S/c23-19-15-7-1-2-8-17(15)21-12-16(19)20(24)22-14-6-3-5-13(11-14)18-9-4-10-25-18/h1-12H,(H,21,23)(H,22,24). The SMILES string of the molecule is O=C(Nc1cccc(-c2cccs2)c1)c1c[nH]c2ccccc2c1=O. The van der Waals surface area contributed by atoms with Crippen LogP contribution in [-0.4, -0.2) is 10.9 Å². The number of aromatic amines is 1. The van der Waals surface area contributed by atoms with Crippen molar-refractivity contribution in [2.45, 2.75) is 0 Å². The number of thiophene rings is 1. The summed E-state index contributed by atoms with van der Waals surface area (Å²) in [6.07, 6.45) is 1.46. The minimum atomic E-state index is -0.421. The molecule has 0 aliphatic carbocycles. The summed E-state index contributed by atoms with van der Waals surface area (Å²) in [7, 11) is 0. The van der Waals surface area contributed by atoms with Crippen LogP contribution in [0.15, 0.2) is 77.0 Å². The quantitative estimate of drug-likeness (QED) is 0.573. The van der Waals surface area contributed by atoms with Crippen LogP contribution in [0.3, 0.4) is 0 Å². The molecule has 0 aliphatic rings. The third-order valence-corrected chi connectivity index (χ3v) is 4.88. The van der Waals surface area contributed by atoms with Crippen LogP contribution in [-0.2, 0) is 0 Å². The summed E-state index contributed by atoms with van der Waals surface area (Å²) >= 11 is 1.64. The molecule has 0 fully saturated rings. The van der Waals surface area contributed by atoms with Gasteiger partial charge in [0.15, 0.2) is 0 Å². The first-order valence-corrected chi connectivity index (χ1v) is 8.66. The van der Waals surface area contributed by atoms with Gasteiger partial charge in [-0.25, -0.2) is 0 Å². The Bertz CT molecular complexity index is 1110. The third kappa shape index (κ3) is 2.97. The van der Waals surface area contributed by atoms with Gasteiger partial charge in [-0.3, -0.25) is 9.59 Å². The number of fused-ring (bicyclic) bond motifs is 1. The molecule has 1 amide bonds. The fourth-order valence-corrected chi connectivity index (χ4v) is 3.45. The fourth-order valence-electron chi connectivity index (χ4n) is 2.73. The van der Waals surface area contributed by atoms with Gasteiger partial charge in [-0.15, -0.1) is 11.3 Å². The van der Waals surface area contributed by atoms with Crippen LogP contribution in [0.4, 0.5) is 5.69 Å². The number of nitrogens with one attached hydrogen (secondary N) is 2. The number of carbonyl (C=O) groups is 1. The molecule has 25 heavy (non-hydrogen) atoms. The number of benzene rings is 2. The Morgan fingerprint density at radius 1 is 1.00 bits per heavy atom. The molecule has 0 aliphatic heterocycles. The van der Waals surface area contributed by atoms with Gasteiger partial charge in [0, 0.05) is 27.7 Å². The summed E-state index contributed by atoms with van der Waals surface area (Å²) in [5, 5.41) is 5.32. The highest BCUT2D eigenvalue weighted by Gasteiger charge is 2.13. The molecular formula is C20H14N2O2S. The van der Waals surface area contributed by atoms with Crippen molar-refractivity contribution in [1.29, 1.82) is 0 Å². The first-order valence-electron chi connectivity index (χ1n) is 7.78. The Kier molecular flexibility index (Phi) is 3.91. The number of H-pyrrole nitrogens is 1. The van der Waals surface area contributed by atoms with Crippen LogP contribution < -0.4 is 10.7 Å². The number of hydrogen-bond donors (Lipinski definition) is 2. The van der Waals surface area contributed by atoms with Crippen molar-refractivity contribution in [2.75, 3.05) is 5.32 Å². The van der Waals surface area contributed by atoms with E-state index in [0.29, 0.717) is 16.6 Å². The van der Waals surface area contributed by atoms with E-state index in [2.05, 4.69) is 10.3 Å². The fraction of sp³-hybridized carbons (Fsp3) is 0. The lowest BCUT2D eigenvalue weighted by molar-refractivity contribution is 0.102. The molecule has 4 rings (SSSR count). The Labute approximate surface area is 147 Å². The summed E-state index contributed by atoms with van der Waals surface area (Å²) in [5.41, 5.74) is 2.22. The van der Waals surface area contributed by atoms with Crippen molar-refractivity contribution in [2.24, 2.45) is 0 Å². The van der Waals surface area contributed by atoms with Gasteiger partial charge in [0.2, 0.25) is 5.43 Å². The van der Waals surface area contributed by atoms with Crippen molar-refractivity contribution in [3.8, 4) is 10.4 Å². The first kappa shape index (κ1) is 15.4. The monoisotopic (exact) mass is 346 g/mol. The largest absolute Gasteiger partial charge is 0.360 e. The predicted octanol–water partition coefficient (Wildman–Crippen LogP) is 4.51. The van der Waals surface area contributed by atoms with E-state index in [4.69, 9.17) is 0 Å². The van der Waals surface area contributed by atoms with E-state index < -0.39 is 5.91 Å². The van der Waals surface area contributed by atoms with Crippen molar-refractivity contribution in [3.63, 3.8) is 0 Å². The van der Waals surface area contributed by atoms with Crippen molar-refractivity contribution >= 4 is 33.8 Å². The number of para-hydroxylation sites is 1. The minimum Gasteiger partial charge on any atom is -0.360 e. The van der Waals surface area contributed by atoms with Crippen molar-refractivity contribution < 1.29 is 4.79 Å². The molecule has 4 nitrogen and oxygen atoms in total. The predicted molar refractivity (Wildman–Crippen MR) is 102 cm³/mol. The van der Waals surface area contributed by atoms with Gasteiger partial charge in [0.25, 0.3) is 5.91 Å². The Hall–Kier alpha value is -3.18. The molecule has 0 saturated carbocycles. The van der Waals surface area contributed by atoms with Crippen LogP contribution >= 0.6 is 11.3 Å². The van der Waals surface area contributed by atoms with Gasteiger partial charge < -0.3 is 10.3 Å². The van der Waals surface area contributed by atoms with E-state index in [9.17, 15) is 9.59 Å². The summed E-state index contributed by atoms with van der Waals surface area (Å²) < 4.78 is 0. The molecule has 0 bridgehead atoms. The molecular weight excluding hydrogens is 332 g/mol. The highest BCUT2D eigenvalue weighted by Crippen LogP contribution is 2.26. The first-order chi connectivity index (χ1) is 12.2. The molecule has 122 valence electrons. The third-order valence-electron chi connectivity index (χ3n) is 3.96. The number of aromatic nitrogens is 1. The van der Waals surface area contributed by atoms with E-state index in [-0.39, 0.29) is 11.0 Å². The molecule has 2 N–H and O–H groups in total. The van der Waals surface area contributed by atoms with E-state index in [1.807, 2.05) is 53.9 Å². The molecule has 2 heterocycles. The lowest BCUT2D eigenvalue weighted by Gasteiger charge is -2.07. The average Bonchev–Trinajstić information content (AvgIpc) is 3.17. The van der Waals surface area contributed by atoms with Crippen LogP contribution in [0.5, 0.6) is 0 Å². The Balaban J connectivity index is 1.66. The zero-order chi connectivity index (χ0) is 17.2. The maximum Gasteiger partial charge on any atom is 0.261 e. The lowest BCUT2D eigenvalue weighted by Crippen LogP contribution is -2.21. The Morgan fingerprint density at radius 3 is 2.72 bits per heavy atom. The van der Waals surface area contributed by atoms with E-state index in [1.165, 1.54) is 6.20 Å². The number of carbonyl (C=O) groups excluding carboxylic acids is 1. The minimum absolute atomic E-state index is 0.0974. The van der Waals surface area contributed by atoms with Gasteiger partial charge in [0.1, 0.15) is 5.56 Å². The summed E-state index contributed by atoms with van der Waals surface area (Å²) in [5.74, 6) is -0.421. The van der Waals surface area contributed by atoms with Crippen LogP contribution in [0, 0.1) is 0 Å². The lowest BCUT2D eigenvalue weighted by atomic mass is 10.1. The van der Waals surface area contributed by atoms with Crippen molar-refractivity contribution in [3.05, 3.63) is 88.0 Å². The normalized spacial score (nSPS) is 10.7. The van der Waals surface area contributed by atoms with E-state index in [1.54, 1.807) is 23.5 Å². The van der Waals surface area contributed by atoms with Crippen LogP contribution in [0.25, 0.3) is 21.3 Å². The van der Waals surface area contributed by atoms with E-state index in [0.717, 1.165) is 10.4 Å². The maximum absolute atomic E-state index is 12.5. The molecule has 0 radical (unpaired) electrons. The smallest absolute Gasteiger partial charge is 0.261 e. The highest BCUT2D eigenvalue weighted by atomic mass is 32.1. The summed E-state index contributed by atoms with van der Waals surface area (Å²) in [6.45, 7) is 0. The second-order valence-corrected chi connectivity index (χ2v) is 6.54. The van der Waals surface area contributed by atoms with Crippen LogP contribution in [0.2, 0.25) is 0 Å². The summed E-state index contributed by atoms with van der Waals surface area (Å²) in [6, 6.07) is 18.7. The average molecular weight is 346 g/mol. The molecule has 2 aromatic heterocycles. The second kappa shape index (κ2) is 6.37. The maximum atomic E-state index is 12.5. The van der Waals surface area contributed by atoms with Gasteiger partial charge in [0.05, 0.1) is 0 Å². The number of rotatable bonds is 3. The zero-order valence-electron chi connectivity index (χ0n) is 13.2. The molecule has 0 spiro atoms. The zero-order valence-corrected chi connectivity index (χ0v) is 14.0. The number of amides is 1. The number of hydrogen-bond acceptors (Lipinski definition) is 3. The molecule has 4 aromatic rings. The van der Waals surface area contributed by atoms with Gasteiger partial charge in [-0.05, 0) is 41.3 Å². The highest BCUT2D eigenvalue weighted by molar-refractivity contribution is 7.13. The van der Waals surface area contributed by atoms with Gasteiger partial charge >= 0.3 is 0 Å².